The third-order valence-electron chi connectivity index (χ3n) is 4.46. The zero-order chi connectivity index (χ0) is 22.5. The lowest BCUT2D eigenvalue weighted by molar-refractivity contribution is -0.141. The maximum absolute atomic E-state index is 13.2. The standard InChI is InChI=1S/C23H34N4O3/c1-16(2)24-22(29)25-18-10-11-20(26(6)7)17(13-18)14-27(21(28)23(3,4)5)15-19-9-8-12-30-19/h8-13,16H,14-15H2,1-7H3,(H2,24,25,29). The van der Waals surface area contributed by atoms with E-state index in [2.05, 4.69) is 10.6 Å². The third-order valence-corrected chi connectivity index (χ3v) is 4.46. The number of furan rings is 1. The minimum absolute atomic E-state index is 0.0273. The number of hydrogen-bond acceptors (Lipinski definition) is 4. The Morgan fingerprint density at radius 2 is 1.80 bits per heavy atom. The van der Waals surface area contributed by atoms with Gasteiger partial charge in [-0.25, -0.2) is 4.79 Å². The van der Waals surface area contributed by atoms with Gasteiger partial charge >= 0.3 is 6.03 Å². The minimum atomic E-state index is -0.530. The van der Waals surface area contributed by atoms with Crippen LogP contribution in [0.1, 0.15) is 45.9 Å². The van der Waals surface area contributed by atoms with Gasteiger partial charge in [0.2, 0.25) is 5.91 Å². The van der Waals surface area contributed by atoms with Gasteiger partial charge in [-0.05, 0) is 49.7 Å². The highest BCUT2D eigenvalue weighted by molar-refractivity contribution is 5.90. The van der Waals surface area contributed by atoms with E-state index >= 15 is 0 Å². The molecule has 0 aliphatic heterocycles. The maximum Gasteiger partial charge on any atom is 0.319 e. The van der Waals surface area contributed by atoms with E-state index < -0.39 is 5.41 Å². The van der Waals surface area contributed by atoms with Gasteiger partial charge in [-0.1, -0.05) is 20.8 Å². The molecule has 0 fully saturated rings. The molecule has 7 heteroatoms. The van der Waals surface area contributed by atoms with Crippen molar-refractivity contribution >= 4 is 23.3 Å². The van der Waals surface area contributed by atoms with E-state index in [1.807, 2.05) is 83.9 Å². The number of carbonyl (C=O) groups is 2. The first-order valence-electron chi connectivity index (χ1n) is 10.2. The molecule has 0 bridgehead atoms. The van der Waals surface area contributed by atoms with Gasteiger partial charge in [0.1, 0.15) is 5.76 Å². The van der Waals surface area contributed by atoms with Gasteiger partial charge in [-0.3, -0.25) is 4.79 Å². The Hall–Kier alpha value is -2.96. The van der Waals surface area contributed by atoms with Crippen LogP contribution in [0.5, 0.6) is 0 Å². The number of urea groups is 1. The van der Waals surface area contributed by atoms with Crippen molar-refractivity contribution < 1.29 is 14.0 Å². The molecule has 0 atom stereocenters. The van der Waals surface area contributed by atoms with Crippen molar-refractivity contribution in [2.75, 3.05) is 24.3 Å². The summed E-state index contributed by atoms with van der Waals surface area (Å²) in [6.45, 7) is 10.3. The van der Waals surface area contributed by atoms with E-state index in [0.29, 0.717) is 18.8 Å². The van der Waals surface area contributed by atoms with E-state index in [1.165, 1.54) is 0 Å². The van der Waals surface area contributed by atoms with Crippen molar-refractivity contribution in [2.45, 2.75) is 53.8 Å². The van der Waals surface area contributed by atoms with Gasteiger partial charge in [-0.2, -0.15) is 0 Å². The number of nitrogens with one attached hydrogen (secondary N) is 2. The Bertz CT molecular complexity index is 852. The Labute approximate surface area is 179 Å². The maximum atomic E-state index is 13.2. The normalized spacial score (nSPS) is 11.3. The van der Waals surface area contributed by atoms with Crippen molar-refractivity contribution in [3.8, 4) is 0 Å². The molecule has 1 aromatic heterocycles. The van der Waals surface area contributed by atoms with Crippen LogP contribution in [-0.2, 0) is 17.9 Å². The summed E-state index contributed by atoms with van der Waals surface area (Å²) >= 11 is 0. The monoisotopic (exact) mass is 414 g/mol. The van der Waals surface area contributed by atoms with E-state index in [0.717, 1.165) is 17.0 Å². The Morgan fingerprint density at radius 1 is 1.10 bits per heavy atom. The summed E-state index contributed by atoms with van der Waals surface area (Å²) in [5.41, 5.74) is 2.06. The molecule has 1 aromatic carbocycles. The molecule has 7 nitrogen and oxygen atoms in total. The molecule has 0 radical (unpaired) electrons. The lowest BCUT2D eigenvalue weighted by Gasteiger charge is -2.30. The molecule has 2 aromatic rings. The quantitative estimate of drug-likeness (QED) is 0.702. The number of rotatable bonds is 7. The van der Waals surface area contributed by atoms with E-state index in [1.54, 1.807) is 11.2 Å². The molecule has 1 heterocycles. The predicted octanol–water partition coefficient (Wildman–Crippen LogP) is 4.45. The van der Waals surface area contributed by atoms with Crippen molar-refractivity contribution in [3.05, 3.63) is 47.9 Å². The van der Waals surface area contributed by atoms with Crippen LogP contribution in [0.15, 0.2) is 41.0 Å². The molecule has 0 aliphatic rings. The number of anilines is 2. The van der Waals surface area contributed by atoms with Crippen LogP contribution in [0.25, 0.3) is 0 Å². The molecule has 0 aliphatic carbocycles. The highest BCUT2D eigenvalue weighted by Gasteiger charge is 2.28. The third kappa shape index (κ3) is 6.54. The second-order valence-corrected chi connectivity index (χ2v) is 8.98. The smallest absolute Gasteiger partial charge is 0.319 e. The highest BCUT2D eigenvalue weighted by Crippen LogP contribution is 2.28. The molecule has 0 saturated heterocycles. The Kier molecular flexibility index (Phi) is 7.54. The molecule has 2 rings (SSSR count). The molecule has 3 amide bonds. The molecule has 0 saturated carbocycles. The van der Waals surface area contributed by atoms with Crippen LogP contribution < -0.4 is 15.5 Å². The molecule has 164 valence electrons. The van der Waals surface area contributed by atoms with Crippen LogP contribution in [0.3, 0.4) is 0 Å². The van der Waals surface area contributed by atoms with E-state index in [9.17, 15) is 9.59 Å². The molecular formula is C23H34N4O3. The first-order valence-corrected chi connectivity index (χ1v) is 10.2. The number of amides is 3. The lowest BCUT2D eigenvalue weighted by Crippen LogP contribution is -2.39. The van der Waals surface area contributed by atoms with Crippen molar-refractivity contribution in [1.29, 1.82) is 0 Å². The average Bonchev–Trinajstić information content (AvgIpc) is 3.12. The topological polar surface area (TPSA) is 77.8 Å². The number of nitrogens with zero attached hydrogens (tertiary/aromatic N) is 2. The van der Waals surface area contributed by atoms with Gasteiger partial charge in [0.05, 0.1) is 12.8 Å². The van der Waals surface area contributed by atoms with Gasteiger partial charge in [0.15, 0.2) is 0 Å². The van der Waals surface area contributed by atoms with Gasteiger partial charge < -0.3 is 24.9 Å². The van der Waals surface area contributed by atoms with Crippen molar-refractivity contribution in [1.82, 2.24) is 10.2 Å². The fraction of sp³-hybridized carbons (Fsp3) is 0.478. The Balaban J connectivity index is 2.34. The summed E-state index contributed by atoms with van der Waals surface area (Å²) in [6.07, 6.45) is 1.61. The minimum Gasteiger partial charge on any atom is -0.467 e. The number of benzene rings is 1. The van der Waals surface area contributed by atoms with Gasteiger partial charge in [0, 0.05) is 43.5 Å². The number of hydrogen-bond donors (Lipinski definition) is 2. The number of carbonyl (C=O) groups excluding carboxylic acids is 2. The summed E-state index contributed by atoms with van der Waals surface area (Å²) in [7, 11) is 3.92. The molecular weight excluding hydrogens is 380 g/mol. The summed E-state index contributed by atoms with van der Waals surface area (Å²) in [4.78, 5) is 29.1. The van der Waals surface area contributed by atoms with Crippen LogP contribution >= 0.6 is 0 Å². The SMILES string of the molecule is CC(C)NC(=O)Nc1ccc(N(C)C)c(CN(Cc2ccco2)C(=O)C(C)(C)C)c1. The van der Waals surface area contributed by atoms with Gasteiger partial charge in [-0.15, -0.1) is 0 Å². The summed E-state index contributed by atoms with van der Waals surface area (Å²) in [5, 5.41) is 5.69. The fourth-order valence-electron chi connectivity index (χ4n) is 3.13. The Morgan fingerprint density at radius 3 is 2.33 bits per heavy atom. The first-order chi connectivity index (χ1) is 14.0. The van der Waals surface area contributed by atoms with Crippen LogP contribution in [0.2, 0.25) is 0 Å². The lowest BCUT2D eigenvalue weighted by atomic mass is 9.94. The summed E-state index contributed by atoms with van der Waals surface area (Å²) in [5.74, 6) is 0.754. The molecule has 0 unspecified atom stereocenters. The van der Waals surface area contributed by atoms with Crippen LogP contribution in [-0.4, -0.2) is 37.0 Å². The average molecular weight is 415 g/mol. The predicted molar refractivity (Wildman–Crippen MR) is 120 cm³/mol. The van der Waals surface area contributed by atoms with E-state index in [4.69, 9.17) is 4.42 Å². The zero-order valence-electron chi connectivity index (χ0n) is 19.1. The summed E-state index contributed by atoms with van der Waals surface area (Å²) < 4.78 is 5.49. The molecule has 30 heavy (non-hydrogen) atoms. The second-order valence-electron chi connectivity index (χ2n) is 8.98. The van der Waals surface area contributed by atoms with Crippen molar-refractivity contribution in [2.24, 2.45) is 5.41 Å². The van der Waals surface area contributed by atoms with Crippen LogP contribution in [0.4, 0.5) is 16.2 Å². The van der Waals surface area contributed by atoms with E-state index in [-0.39, 0.29) is 18.0 Å². The molecule has 2 N–H and O–H groups in total. The fourth-order valence-corrected chi connectivity index (χ4v) is 3.13. The highest BCUT2D eigenvalue weighted by atomic mass is 16.3. The van der Waals surface area contributed by atoms with Crippen molar-refractivity contribution in [3.63, 3.8) is 0 Å². The summed E-state index contributed by atoms with van der Waals surface area (Å²) in [6, 6.07) is 9.20. The van der Waals surface area contributed by atoms with Crippen LogP contribution in [0, 0.1) is 5.41 Å². The first kappa shape index (κ1) is 23.3. The molecule has 0 spiro atoms. The largest absolute Gasteiger partial charge is 0.467 e. The zero-order valence-corrected chi connectivity index (χ0v) is 19.1. The second kappa shape index (κ2) is 9.69. The van der Waals surface area contributed by atoms with Gasteiger partial charge in [0.25, 0.3) is 0 Å².